The Bertz CT molecular complexity index is 900. The highest BCUT2D eigenvalue weighted by molar-refractivity contribution is 6.42. The van der Waals surface area contributed by atoms with Crippen LogP contribution in [-0.2, 0) is 9.53 Å². The van der Waals surface area contributed by atoms with Crippen LogP contribution in [0.4, 0.5) is 5.82 Å². The molecular weight excluding hydrogens is 397 g/mol. The third-order valence-electron chi connectivity index (χ3n) is 3.98. The van der Waals surface area contributed by atoms with Gasteiger partial charge in [-0.15, -0.1) is 0 Å². The van der Waals surface area contributed by atoms with E-state index in [2.05, 4.69) is 10.1 Å². The fourth-order valence-electron chi connectivity index (χ4n) is 2.94. The number of carbonyl (C=O) groups excluding carboxylic acids is 1. The van der Waals surface area contributed by atoms with E-state index >= 15 is 0 Å². The van der Waals surface area contributed by atoms with Crippen molar-refractivity contribution in [2.75, 3.05) is 0 Å². The van der Waals surface area contributed by atoms with Crippen LogP contribution >= 0.6 is 34.8 Å². The molecule has 1 aromatic heterocycles. The van der Waals surface area contributed by atoms with E-state index in [1.165, 1.54) is 6.20 Å². The van der Waals surface area contributed by atoms with Crippen molar-refractivity contribution in [1.29, 1.82) is 0 Å². The van der Waals surface area contributed by atoms with Gasteiger partial charge in [-0.05, 0) is 45.4 Å². The second-order valence-corrected chi connectivity index (χ2v) is 8.36. The first-order valence-corrected chi connectivity index (χ1v) is 9.18. The highest BCUT2D eigenvalue weighted by Gasteiger charge is 2.41. The molecule has 0 fully saturated rings. The molecule has 0 radical (unpaired) electrons. The SMILES string of the molecule is CC1=Nc2c(Cl)cnn2C(c2ccc(Cl)c(Cl)c2)C1C(=O)OC(C)(C)C. The maximum Gasteiger partial charge on any atom is 0.317 e. The molecule has 2 unspecified atom stereocenters. The average molecular weight is 415 g/mol. The number of ether oxygens (including phenoxy) is 1. The molecule has 0 bridgehead atoms. The number of nitrogens with zero attached hydrogens (tertiary/aromatic N) is 3. The molecule has 1 aliphatic heterocycles. The van der Waals surface area contributed by atoms with Gasteiger partial charge in [-0.25, -0.2) is 9.67 Å². The predicted molar refractivity (Wildman–Crippen MR) is 104 cm³/mol. The second-order valence-electron chi connectivity index (χ2n) is 7.14. The molecule has 0 saturated heterocycles. The van der Waals surface area contributed by atoms with Crippen molar-refractivity contribution in [3.8, 4) is 0 Å². The molecule has 0 aliphatic carbocycles. The average Bonchev–Trinajstić information content (AvgIpc) is 2.88. The molecular formula is C18H18Cl3N3O2. The van der Waals surface area contributed by atoms with Crippen LogP contribution in [0, 0.1) is 5.92 Å². The van der Waals surface area contributed by atoms with Gasteiger partial charge in [0.05, 0.1) is 22.3 Å². The number of hydrogen-bond acceptors (Lipinski definition) is 4. The third kappa shape index (κ3) is 3.61. The van der Waals surface area contributed by atoms with Crippen LogP contribution in [-0.4, -0.2) is 27.1 Å². The van der Waals surface area contributed by atoms with E-state index < -0.39 is 17.6 Å². The van der Waals surface area contributed by atoms with Gasteiger partial charge in [0, 0.05) is 5.71 Å². The smallest absolute Gasteiger partial charge is 0.317 e. The molecule has 5 nitrogen and oxygen atoms in total. The van der Waals surface area contributed by atoms with Crippen LogP contribution in [0.5, 0.6) is 0 Å². The normalized spacial score (nSPS) is 19.7. The standard InChI is InChI=1S/C18H18Cl3N3O2/c1-9-14(17(25)26-18(2,3)4)15(10-5-6-11(19)12(20)7-10)24-16(23-9)13(21)8-22-24/h5-8,14-15H,1-4H3. The molecule has 26 heavy (non-hydrogen) atoms. The van der Waals surface area contributed by atoms with Crippen molar-refractivity contribution < 1.29 is 9.53 Å². The molecule has 3 rings (SSSR count). The zero-order valence-electron chi connectivity index (χ0n) is 14.8. The lowest BCUT2D eigenvalue weighted by atomic mass is 9.88. The Labute approximate surface area is 166 Å². The van der Waals surface area contributed by atoms with E-state index in [1.54, 1.807) is 23.7 Å². The second kappa shape index (κ2) is 6.87. The molecule has 8 heteroatoms. The first kappa shape index (κ1) is 19.2. The topological polar surface area (TPSA) is 56.5 Å². The molecule has 1 aromatic carbocycles. The zero-order chi connectivity index (χ0) is 19.2. The quantitative estimate of drug-likeness (QED) is 0.610. The van der Waals surface area contributed by atoms with Crippen LogP contribution < -0.4 is 0 Å². The van der Waals surface area contributed by atoms with Crippen molar-refractivity contribution in [3.63, 3.8) is 0 Å². The lowest BCUT2D eigenvalue weighted by Gasteiger charge is -2.32. The van der Waals surface area contributed by atoms with E-state index in [9.17, 15) is 4.79 Å². The number of fused-ring (bicyclic) bond motifs is 1. The predicted octanol–water partition coefficient (Wildman–Crippen LogP) is 5.50. The number of rotatable bonds is 2. The van der Waals surface area contributed by atoms with Crippen molar-refractivity contribution in [1.82, 2.24) is 9.78 Å². The Kier molecular flexibility index (Phi) is 5.08. The van der Waals surface area contributed by atoms with E-state index in [-0.39, 0.29) is 5.97 Å². The molecule has 0 N–H and O–H groups in total. The molecule has 0 spiro atoms. The van der Waals surface area contributed by atoms with Crippen molar-refractivity contribution in [2.24, 2.45) is 10.9 Å². The summed E-state index contributed by atoms with van der Waals surface area (Å²) in [4.78, 5) is 17.4. The van der Waals surface area contributed by atoms with Crippen molar-refractivity contribution in [3.05, 3.63) is 45.0 Å². The van der Waals surface area contributed by atoms with Gasteiger partial charge in [0.1, 0.15) is 16.5 Å². The summed E-state index contributed by atoms with van der Waals surface area (Å²) < 4.78 is 7.25. The van der Waals surface area contributed by atoms with E-state index in [4.69, 9.17) is 39.5 Å². The van der Waals surface area contributed by atoms with E-state index in [0.717, 1.165) is 5.56 Å². The first-order chi connectivity index (χ1) is 12.1. The zero-order valence-corrected chi connectivity index (χ0v) is 17.0. The lowest BCUT2D eigenvalue weighted by Crippen LogP contribution is -2.39. The van der Waals surface area contributed by atoms with Crippen LogP contribution in [0.2, 0.25) is 15.1 Å². The van der Waals surface area contributed by atoms with Crippen LogP contribution in [0.25, 0.3) is 0 Å². The van der Waals surface area contributed by atoms with Crippen LogP contribution in [0.3, 0.4) is 0 Å². The summed E-state index contributed by atoms with van der Waals surface area (Å²) in [6.07, 6.45) is 1.51. The van der Waals surface area contributed by atoms with Crippen LogP contribution in [0.1, 0.15) is 39.3 Å². The van der Waals surface area contributed by atoms with E-state index in [1.807, 2.05) is 26.8 Å². The number of benzene rings is 1. The molecule has 2 atom stereocenters. The number of hydrogen-bond donors (Lipinski definition) is 0. The highest BCUT2D eigenvalue weighted by Crippen LogP contribution is 2.41. The summed E-state index contributed by atoms with van der Waals surface area (Å²) in [7, 11) is 0. The van der Waals surface area contributed by atoms with E-state index in [0.29, 0.717) is 26.6 Å². The number of esters is 1. The van der Waals surface area contributed by atoms with Crippen molar-refractivity contribution >= 4 is 52.3 Å². The Morgan fingerprint density at radius 1 is 1.15 bits per heavy atom. The van der Waals surface area contributed by atoms with Gasteiger partial charge in [0.15, 0.2) is 5.82 Å². The molecule has 0 amide bonds. The maximum absolute atomic E-state index is 12.9. The summed E-state index contributed by atoms with van der Waals surface area (Å²) in [6.45, 7) is 7.26. The van der Waals surface area contributed by atoms with Gasteiger partial charge in [-0.1, -0.05) is 40.9 Å². The molecule has 2 aromatic rings. The monoisotopic (exact) mass is 413 g/mol. The van der Waals surface area contributed by atoms with Gasteiger partial charge < -0.3 is 4.74 Å². The number of halogens is 3. The first-order valence-electron chi connectivity index (χ1n) is 8.04. The lowest BCUT2D eigenvalue weighted by molar-refractivity contribution is -0.158. The molecule has 2 heterocycles. The van der Waals surface area contributed by atoms with Crippen molar-refractivity contribution in [2.45, 2.75) is 39.3 Å². The maximum atomic E-state index is 12.9. The summed E-state index contributed by atoms with van der Waals surface area (Å²) in [5.74, 6) is -0.540. The number of aliphatic imine (C=N–C) groups is 1. The summed E-state index contributed by atoms with van der Waals surface area (Å²) >= 11 is 18.5. The fourth-order valence-corrected chi connectivity index (χ4v) is 3.42. The Balaban J connectivity index is 2.14. The largest absolute Gasteiger partial charge is 0.459 e. The Hall–Kier alpha value is -1.56. The fraction of sp³-hybridized carbons (Fsp3) is 0.389. The minimum Gasteiger partial charge on any atom is -0.459 e. The number of aromatic nitrogens is 2. The Morgan fingerprint density at radius 3 is 2.46 bits per heavy atom. The molecule has 1 aliphatic rings. The summed E-state index contributed by atoms with van der Waals surface area (Å²) in [5.41, 5.74) is 0.748. The number of carbonyl (C=O) groups is 1. The minimum absolute atomic E-state index is 0.382. The third-order valence-corrected chi connectivity index (χ3v) is 4.99. The van der Waals surface area contributed by atoms with Gasteiger partial charge >= 0.3 is 5.97 Å². The van der Waals surface area contributed by atoms with Gasteiger partial charge in [0.2, 0.25) is 0 Å². The summed E-state index contributed by atoms with van der Waals surface area (Å²) in [6, 6.07) is 4.75. The highest BCUT2D eigenvalue weighted by atomic mass is 35.5. The minimum atomic E-state index is -0.657. The molecule has 0 saturated carbocycles. The van der Waals surface area contributed by atoms with Gasteiger partial charge in [-0.3, -0.25) is 4.79 Å². The van der Waals surface area contributed by atoms with Gasteiger partial charge in [0.25, 0.3) is 0 Å². The van der Waals surface area contributed by atoms with Gasteiger partial charge in [-0.2, -0.15) is 5.10 Å². The summed E-state index contributed by atoms with van der Waals surface area (Å²) in [5, 5.41) is 5.57. The molecule has 138 valence electrons. The van der Waals surface area contributed by atoms with Crippen LogP contribution in [0.15, 0.2) is 29.4 Å². The Morgan fingerprint density at radius 2 is 1.85 bits per heavy atom.